The number of nitrogens with zero attached hydrogens (tertiary/aromatic N) is 4. The Kier molecular flexibility index (Phi) is 5.76. The van der Waals surface area contributed by atoms with E-state index in [9.17, 15) is 4.79 Å². The van der Waals surface area contributed by atoms with Gasteiger partial charge in [-0.05, 0) is 26.0 Å². The van der Waals surface area contributed by atoms with Crippen LogP contribution in [0.1, 0.15) is 26.5 Å². The van der Waals surface area contributed by atoms with E-state index in [1.807, 2.05) is 17.0 Å². The van der Waals surface area contributed by atoms with Crippen molar-refractivity contribution in [1.82, 2.24) is 19.2 Å². The van der Waals surface area contributed by atoms with Crippen LogP contribution in [0.3, 0.4) is 0 Å². The molecule has 164 valence electrons. The number of halogens is 1. The zero-order valence-corrected chi connectivity index (χ0v) is 19.8. The standard InChI is InChI=1S/C25H25ClN4OS/c1-17-7-9-19(10-8-17)23-22(30-15-18(2)32-25(30)27-23)16-28-11-13-29(14-12-28)24(31)20-5-3-4-6-21(20)26/h3-10,15H,11-14,16H2,1-2H3. The predicted molar refractivity (Wildman–Crippen MR) is 131 cm³/mol. The number of hydrogen-bond acceptors (Lipinski definition) is 4. The Hall–Kier alpha value is -2.67. The number of rotatable bonds is 4. The minimum absolute atomic E-state index is 0.01000. The summed E-state index contributed by atoms with van der Waals surface area (Å²) in [5, 5.41) is 0.511. The molecule has 0 aliphatic carbocycles. The van der Waals surface area contributed by atoms with E-state index in [2.05, 4.69) is 53.6 Å². The van der Waals surface area contributed by atoms with E-state index < -0.39 is 0 Å². The van der Waals surface area contributed by atoms with Crippen LogP contribution in [0.25, 0.3) is 16.2 Å². The first-order chi connectivity index (χ1) is 15.5. The molecule has 1 aliphatic rings. The Morgan fingerprint density at radius 2 is 1.75 bits per heavy atom. The lowest BCUT2D eigenvalue weighted by Gasteiger charge is -2.35. The topological polar surface area (TPSA) is 40.9 Å². The van der Waals surface area contributed by atoms with E-state index in [0.717, 1.165) is 35.9 Å². The molecule has 0 atom stereocenters. The molecule has 3 heterocycles. The monoisotopic (exact) mass is 464 g/mol. The summed E-state index contributed by atoms with van der Waals surface area (Å²) in [5.74, 6) is 0.01000. The number of fused-ring (bicyclic) bond motifs is 1. The molecule has 1 saturated heterocycles. The largest absolute Gasteiger partial charge is 0.336 e. The third-order valence-corrected chi connectivity index (χ3v) is 7.23. The SMILES string of the molecule is Cc1ccc(-c2nc3sc(C)cn3c2CN2CCN(C(=O)c3ccccc3Cl)CC2)cc1. The third-order valence-electron chi connectivity index (χ3n) is 6.00. The van der Waals surface area contributed by atoms with Gasteiger partial charge in [0.05, 0.1) is 22.0 Å². The highest BCUT2D eigenvalue weighted by atomic mass is 35.5. The Balaban J connectivity index is 1.35. The first kappa shape index (κ1) is 21.2. The number of piperazine rings is 1. The fraction of sp³-hybridized carbons (Fsp3) is 0.280. The lowest BCUT2D eigenvalue weighted by Crippen LogP contribution is -2.48. The average molecular weight is 465 g/mol. The summed E-state index contributed by atoms with van der Waals surface area (Å²) < 4.78 is 2.23. The molecular weight excluding hydrogens is 440 g/mol. The van der Waals surface area contributed by atoms with E-state index in [0.29, 0.717) is 23.7 Å². The number of carbonyl (C=O) groups is 1. The number of imidazole rings is 1. The van der Waals surface area contributed by atoms with Crippen LogP contribution >= 0.6 is 22.9 Å². The highest BCUT2D eigenvalue weighted by Gasteiger charge is 2.25. The summed E-state index contributed by atoms with van der Waals surface area (Å²) in [6.07, 6.45) is 2.18. The van der Waals surface area contributed by atoms with Crippen molar-refractivity contribution < 1.29 is 4.79 Å². The maximum absolute atomic E-state index is 12.9. The fourth-order valence-corrected chi connectivity index (χ4v) is 5.28. The van der Waals surface area contributed by atoms with Gasteiger partial charge in [-0.1, -0.05) is 53.6 Å². The second kappa shape index (κ2) is 8.70. The lowest BCUT2D eigenvalue weighted by molar-refractivity contribution is 0.0627. The molecule has 0 radical (unpaired) electrons. The average Bonchev–Trinajstić information content (AvgIpc) is 3.31. The molecule has 4 aromatic rings. The summed E-state index contributed by atoms with van der Waals surface area (Å²) in [6, 6.07) is 15.8. The van der Waals surface area contributed by atoms with E-state index in [1.54, 1.807) is 23.5 Å². The van der Waals surface area contributed by atoms with Crippen LogP contribution in [-0.4, -0.2) is 51.3 Å². The Morgan fingerprint density at radius 1 is 1.03 bits per heavy atom. The minimum Gasteiger partial charge on any atom is -0.336 e. The van der Waals surface area contributed by atoms with Crippen LogP contribution in [0.4, 0.5) is 0 Å². The van der Waals surface area contributed by atoms with Crippen LogP contribution in [0.2, 0.25) is 5.02 Å². The van der Waals surface area contributed by atoms with Gasteiger partial charge in [-0.2, -0.15) is 0 Å². The first-order valence-corrected chi connectivity index (χ1v) is 12.0. The Morgan fingerprint density at radius 3 is 2.47 bits per heavy atom. The van der Waals surface area contributed by atoms with Crippen molar-refractivity contribution >= 4 is 33.8 Å². The predicted octanol–water partition coefficient (Wildman–Crippen LogP) is 5.29. The summed E-state index contributed by atoms with van der Waals surface area (Å²) in [6.45, 7) is 8.04. The highest BCUT2D eigenvalue weighted by Crippen LogP contribution is 2.30. The number of amides is 1. The zero-order valence-electron chi connectivity index (χ0n) is 18.2. The fourth-order valence-electron chi connectivity index (χ4n) is 4.22. The van der Waals surface area contributed by atoms with Crippen LogP contribution in [0.5, 0.6) is 0 Å². The van der Waals surface area contributed by atoms with Crippen molar-refractivity contribution in [1.29, 1.82) is 0 Å². The van der Waals surface area contributed by atoms with Gasteiger partial charge in [-0.15, -0.1) is 11.3 Å². The molecule has 5 nitrogen and oxygen atoms in total. The molecule has 7 heteroatoms. The number of aryl methyl sites for hydroxylation is 2. The van der Waals surface area contributed by atoms with Crippen molar-refractivity contribution in [3.8, 4) is 11.3 Å². The van der Waals surface area contributed by atoms with Gasteiger partial charge in [0, 0.05) is 49.4 Å². The Labute approximate surface area is 196 Å². The van der Waals surface area contributed by atoms with Gasteiger partial charge in [-0.3, -0.25) is 14.1 Å². The van der Waals surface area contributed by atoms with Gasteiger partial charge in [0.25, 0.3) is 5.91 Å². The quantitative estimate of drug-likeness (QED) is 0.412. The summed E-state index contributed by atoms with van der Waals surface area (Å²) in [5.41, 5.74) is 5.22. The van der Waals surface area contributed by atoms with Crippen LogP contribution in [0.15, 0.2) is 54.7 Å². The second-order valence-electron chi connectivity index (χ2n) is 8.32. The van der Waals surface area contributed by atoms with E-state index in [1.165, 1.54) is 16.1 Å². The van der Waals surface area contributed by atoms with Gasteiger partial charge in [0.15, 0.2) is 4.96 Å². The maximum Gasteiger partial charge on any atom is 0.255 e. The van der Waals surface area contributed by atoms with E-state index in [4.69, 9.17) is 16.6 Å². The molecule has 0 bridgehead atoms. The van der Waals surface area contributed by atoms with Gasteiger partial charge in [0.2, 0.25) is 0 Å². The number of hydrogen-bond donors (Lipinski definition) is 0. The molecule has 2 aromatic carbocycles. The second-order valence-corrected chi connectivity index (χ2v) is 9.94. The van der Waals surface area contributed by atoms with Crippen molar-refractivity contribution in [2.75, 3.05) is 26.2 Å². The van der Waals surface area contributed by atoms with E-state index in [-0.39, 0.29) is 5.91 Å². The normalized spacial score (nSPS) is 14.9. The molecule has 2 aromatic heterocycles. The summed E-state index contributed by atoms with van der Waals surface area (Å²) in [4.78, 5) is 24.5. The van der Waals surface area contributed by atoms with Crippen molar-refractivity contribution in [2.24, 2.45) is 0 Å². The van der Waals surface area contributed by atoms with Crippen molar-refractivity contribution in [3.05, 3.63) is 81.4 Å². The van der Waals surface area contributed by atoms with Crippen molar-refractivity contribution in [2.45, 2.75) is 20.4 Å². The highest BCUT2D eigenvalue weighted by molar-refractivity contribution is 7.17. The molecule has 32 heavy (non-hydrogen) atoms. The molecule has 5 rings (SSSR count). The smallest absolute Gasteiger partial charge is 0.255 e. The maximum atomic E-state index is 12.9. The number of aromatic nitrogens is 2. The lowest BCUT2D eigenvalue weighted by atomic mass is 10.1. The number of benzene rings is 2. The van der Waals surface area contributed by atoms with Crippen LogP contribution in [-0.2, 0) is 6.54 Å². The van der Waals surface area contributed by atoms with Crippen LogP contribution < -0.4 is 0 Å². The van der Waals surface area contributed by atoms with Crippen LogP contribution in [0, 0.1) is 13.8 Å². The minimum atomic E-state index is 0.01000. The molecule has 1 aliphatic heterocycles. The molecule has 1 amide bonds. The summed E-state index contributed by atoms with van der Waals surface area (Å²) in [7, 11) is 0. The van der Waals surface area contributed by atoms with Gasteiger partial charge >= 0.3 is 0 Å². The third kappa shape index (κ3) is 4.06. The number of thiazole rings is 1. The number of carbonyl (C=O) groups excluding carboxylic acids is 1. The molecule has 1 fully saturated rings. The Bertz CT molecular complexity index is 1270. The molecule has 0 spiro atoms. The van der Waals surface area contributed by atoms with Gasteiger partial charge < -0.3 is 4.90 Å². The molecule has 0 saturated carbocycles. The van der Waals surface area contributed by atoms with Gasteiger partial charge in [0.1, 0.15) is 0 Å². The van der Waals surface area contributed by atoms with E-state index >= 15 is 0 Å². The van der Waals surface area contributed by atoms with Gasteiger partial charge in [-0.25, -0.2) is 4.98 Å². The molecular formula is C25H25ClN4OS. The van der Waals surface area contributed by atoms with Crippen molar-refractivity contribution in [3.63, 3.8) is 0 Å². The first-order valence-electron chi connectivity index (χ1n) is 10.8. The molecule has 0 N–H and O–H groups in total. The summed E-state index contributed by atoms with van der Waals surface area (Å²) >= 11 is 7.96. The zero-order chi connectivity index (χ0) is 22.2. The molecule has 0 unspecified atom stereocenters.